The van der Waals surface area contributed by atoms with Gasteiger partial charge in [-0.2, -0.15) is 0 Å². The highest BCUT2D eigenvalue weighted by molar-refractivity contribution is 5.84. The summed E-state index contributed by atoms with van der Waals surface area (Å²) in [6, 6.07) is 14.7. The quantitative estimate of drug-likeness (QED) is 0.115. The molecule has 9 heteroatoms. The summed E-state index contributed by atoms with van der Waals surface area (Å²) in [5.74, 6) is 1.18. The molecule has 4 atom stereocenters. The van der Waals surface area contributed by atoms with Gasteiger partial charge in [0.1, 0.15) is 18.2 Å². The first-order chi connectivity index (χ1) is 23.2. The van der Waals surface area contributed by atoms with Crippen molar-refractivity contribution in [2.75, 3.05) is 27.4 Å². The van der Waals surface area contributed by atoms with Crippen LogP contribution in [0.3, 0.4) is 0 Å². The molecule has 0 saturated carbocycles. The molecule has 0 spiro atoms. The molecule has 2 aromatic rings. The number of benzene rings is 2. The minimum atomic E-state index is -1.00. The Morgan fingerprint density at radius 2 is 1.57 bits per heavy atom. The lowest BCUT2D eigenvalue weighted by Gasteiger charge is -2.32. The lowest BCUT2D eigenvalue weighted by atomic mass is 9.77. The van der Waals surface area contributed by atoms with E-state index in [1.165, 1.54) is 0 Å². The topological polar surface area (TPSA) is 120 Å². The first kappa shape index (κ1) is 41.7. The molecule has 2 aromatic carbocycles. The standard InChI is InChI=1S/C40H61NO8/c1-27(2)32(22-31-16-17-37(47-9)38(23-31)48-21-13-20-46-8)24-34(41-39(45)49-26-30-14-11-10-12-15-30)36(44)25-33(28(3)4)35(43)18-19-40(6,7)29(5)42/h10-12,14-17,23,27-28,32-34,36,44H,13,18-22,24-26H2,1-9H3,(H,41,45)/t32-,33-,34-,36-/m0/s1. The van der Waals surface area contributed by atoms with Gasteiger partial charge in [-0.15, -0.1) is 0 Å². The van der Waals surface area contributed by atoms with Gasteiger partial charge in [-0.3, -0.25) is 9.59 Å². The number of hydrogen-bond donors (Lipinski definition) is 2. The summed E-state index contributed by atoms with van der Waals surface area (Å²) in [6.45, 7) is 14.7. The molecule has 0 unspecified atom stereocenters. The Morgan fingerprint density at radius 3 is 2.16 bits per heavy atom. The fourth-order valence-electron chi connectivity index (χ4n) is 5.79. The van der Waals surface area contributed by atoms with Crippen LogP contribution < -0.4 is 14.8 Å². The van der Waals surface area contributed by atoms with E-state index < -0.39 is 29.6 Å². The molecule has 0 heterocycles. The average molecular weight is 684 g/mol. The number of hydrogen-bond acceptors (Lipinski definition) is 8. The highest BCUT2D eigenvalue weighted by Crippen LogP contribution is 2.33. The summed E-state index contributed by atoms with van der Waals surface area (Å²) in [6.07, 6.45) is 1.15. The predicted octanol–water partition coefficient (Wildman–Crippen LogP) is 7.60. The number of carbonyl (C=O) groups is 3. The third kappa shape index (κ3) is 14.5. The number of methoxy groups -OCH3 is 2. The minimum Gasteiger partial charge on any atom is -0.493 e. The maximum absolute atomic E-state index is 13.5. The van der Waals surface area contributed by atoms with Crippen molar-refractivity contribution in [3.63, 3.8) is 0 Å². The van der Waals surface area contributed by atoms with Crippen LogP contribution in [0.25, 0.3) is 0 Å². The molecular formula is C40H61NO8. The number of ketones is 2. The third-order valence-electron chi connectivity index (χ3n) is 9.62. The Hall–Kier alpha value is -3.43. The monoisotopic (exact) mass is 683 g/mol. The Balaban J connectivity index is 2.29. The van der Waals surface area contributed by atoms with Gasteiger partial charge >= 0.3 is 6.09 Å². The summed E-state index contributed by atoms with van der Waals surface area (Å²) >= 11 is 0. The molecule has 0 radical (unpaired) electrons. The van der Waals surface area contributed by atoms with Crippen LogP contribution in [0.2, 0.25) is 0 Å². The van der Waals surface area contributed by atoms with E-state index in [9.17, 15) is 19.5 Å². The molecule has 0 saturated heterocycles. The van der Waals surface area contributed by atoms with Crippen molar-refractivity contribution in [2.45, 2.75) is 106 Å². The molecule has 0 aliphatic heterocycles. The Labute approximate surface area is 294 Å². The first-order valence-electron chi connectivity index (χ1n) is 17.7. The number of ether oxygens (including phenoxy) is 4. The smallest absolute Gasteiger partial charge is 0.407 e. The fourth-order valence-corrected chi connectivity index (χ4v) is 5.79. The normalized spacial score (nSPS) is 14.2. The Kier molecular flexibility index (Phi) is 17.8. The Morgan fingerprint density at radius 1 is 0.878 bits per heavy atom. The molecule has 274 valence electrons. The summed E-state index contributed by atoms with van der Waals surface area (Å²) < 4.78 is 22.3. The molecule has 9 nitrogen and oxygen atoms in total. The molecule has 2 N–H and O–H groups in total. The van der Waals surface area contributed by atoms with Gasteiger partial charge in [-0.1, -0.05) is 77.9 Å². The zero-order chi connectivity index (χ0) is 36.6. The van der Waals surface area contributed by atoms with Gasteiger partial charge in [0, 0.05) is 37.9 Å². The van der Waals surface area contributed by atoms with Gasteiger partial charge in [0.25, 0.3) is 0 Å². The van der Waals surface area contributed by atoms with Gasteiger partial charge in [0.05, 0.1) is 25.9 Å². The largest absolute Gasteiger partial charge is 0.493 e. The molecule has 0 aliphatic carbocycles. The van der Waals surface area contributed by atoms with E-state index in [4.69, 9.17) is 18.9 Å². The van der Waals surface area contributed by atoms with Crippen LogP contribution in [0.15, 0.2) is 48.5 Å². The van der Waals surface area contributed by atoms with Crippen molar-refractivity contribution in [1.29, 1.82) is 0 Å². The Bertz CT molecular complexity index is 1290. The molecule has 0 bridgehead atoms. The van der Waals surface area contributed by atoms with Gasteiger partial charge in [0.15, 0.2) is 11.5 Å². The zero-order valence-electron chi connectivity index (χ0n) is 31.3. The molecule has 0 fully saturated rings. The van der Waals surface area contributed by atoms with E-state index in [2.05, 4.69) is 19.2 Å². The molecule has 1 amide bonds. The zero-order valence-corrected chi connectivity index (χ0v) is 31.3. The highest BCUT2D eigenvalue weighted by Gasteiger charge is 2.34. The summed E-state index contributed by atoms with van der Waals surface area (Å²) in [4.78, 5) is 38.7. The van der Waals surface area contributed by atoms with E-state index in [1.54, 1.807) is 21.1 Å². The maximum Gasteiger partial charge on any atom is 0.407 e. The number of carbonyl (C=O) groups excluding carboxylic acids is 3. The van der Waals surface area contributed by atoms with Crippen molar-refractivity contribution < 1.29 is 38.4 Å². The van der Waals surface area contributed by atoms with Gasteiger partial charge < -0.3 is 29.4 Å². The van der Waals surface area contributed by atoms with Gasteiger partial charge in [-0.25, -0.2) is 4.79 Å². The second kappa shape index (κ2) is 20.9. The molecule has 0 aliphatic rings. The van der Waals surface area contributed by atoms with Crippen molar-refractivity contribution >= 4 is 17.7 Å². The van der Waals surface area contributed by atoms with Gasteiger partial charge in [0.2, 0.25) is 0 Å². The second-order valence-electron chi connectivity index (χ2n) is 14.5. The van der Waals surface area contributed by atoms with Crippen LogP contribution in [0.1, 0.15) is 91.7 Å². The third-order valence-corrected chi connectivity index (χ3v) is 9.62. The number of alkyl carbamates (subject to hydrolysis) is 1. The van der Waals surface area contributed by atoms with Crippen molar-refractivity contribution in [2.24, 2.45) is 29.1 Å². The number of nitrogens with one attached hydrogen (secondary N) is 1. The fraction of sp³-hybridized carbons (Fsp3) is 0.625. The number of amides is 1. The van der Waals surface area contributed by atoms with E-state index in [1.807, 2.05) is 76.2 Å². The number of rotatable bonds is 23. The predicted molar refractivity (Wildman–Crippen MR) is 193 cm³/mol. The van der Waals surface area contributed by atoms with Crippen LogP contribution in [0.5, 0.6) is 11.5 Å². The second-order valence-corrected chi connectivity index (χ2v) is 14.5. The lowest BCUT2D eigenvalue weighted by molar-refractivity contribution is -0.128. The number of aliphatic hydroxyl groups excluding tert-OH is 1. The average Bonchev–Trinajstić information content (AvgIpc) is 3.06. The van der Waals surface area contributed by atoms with Crippen LogP contribution in [0.4, 0.5) is 4.79 Å². The van der Waals surface area contributed by atoms with Crippen molar-refractivity contribution in [1.82, 2.24) is 5.32 Å². The van der Waals surface area contributed by atoms with Crippen LogP contribution in [-0.4, -0.2) is 62.3 Å². The minimum absolute atomic E-state index is 0.0189. The van der Waals surface area contributed by atoms with E-state index in [0.717, 1.165) is 17.5 Å². The van der Waals surface area contributed by atoms with Crippen LogP contribution in [0, 0.1) is 29.1 Å². The first-order valence-corrected chi connectivity index (χ1v) is 17.7. The van der Waals surface area contributed by atoms with E-state index >= 15 is 0 Å². The maximum atomic E-state index is 13.5. The highest BCUT2D eigenvalue weighted by atomic mass is 16.5. The SMILES string of the molecule is COCCCOc1cc(C[C@@H](C[C@H](NC(=O)OCc2ccccc2)[C@@H](O)C[C@H](C(=O)CCC(C)(C)C(C)=O)C(C)C)C(C)C)ccc1OC. The van der Waals surface area contributed by atoms with Gasteiger partial charge in [-0.05, 0) is 73.6 Å². The summed E-state index contributed by atoms with van der Waals surface area (Å²) in [5.41, 5.74) is 1.31. The van der Waals surface area contributed by atoms with Crippen molar-refractivity contribution in [3.8, 4) is 11.5 Å². The molecule has 49 heavy (non-hydrogen) atoms. The molecular weight excluding hydrogens is 622 g/mol. The lowest BCUT2D eigenvalue weighted by Crippen LogP contribution is -2.47. The summed E-state index contributed by atoms with van der Waals surface area (Å²) in [5, 5.41) is 14.7. The van der Waals surface area contributed by atoms with E-state index in [-0.39, 0.29) is 48.8 Å². The molecule has 2 rings (SSSR count). The van der Waals surface area contributed by atoms with E-state index in [0.29, 0.717) is 44.0 Å². The summed E-state index contributed by atoms with van der Waals surface area (Å²) in [7, 11) is 3.27. The molecule has 0 aromatic heterocycles. The number of aliphatic hydroxyl groups is 1. The number of Topliss-reactive ketones (excluding diaryl/α,β-unsaturated/α-hetero) is 2. The van der Waals surface area contributed by atoms with Crippen LogP contribution >= 0.6 is 0 Å². The van der Waals surface area contributed by atoms with Crippen LogP contribution in [-0.2, 0) is 32.1 Å². The van der Waals surface area contributed by atoms with Crippen molar-refractivity contribution in [3.05, 3.63) is 59.7 Å².